The lowest BCUT2D eigenvalue weighted by Crippen LogP contribution is -2.34. The predicted octanol–water partition coefficient (Wildman–Crippen LogP) is 0.837. The van der Waals surface area contributed by atoms with Crippen LogP contribution in [0.4, 0.5) is 0 Å². The maximum absolute atomic E-state index is 11.4. The molecule has 0 saturated heterocycles. The van der Waals surface area contributed by atoms with Gasteiger partial charge in [0.15, 0.2) is 0 Å². The number of amides is 1. The van der Waals surface area contributed by atoms with E-state index < -0.39 is 0 Å². The van der Waals surface area contributed by atoms with Gasteiger partial charge < -0.3 is 10.1 Å². The van der Waals surface area contributed by atoms with Crippen LogP contribution in [0.3, 0.4) is 0 Å². The Morgan fingerprint density at radius 2 is 2.44 bits per heavy atom. The van der Waals surface area contributed by atoms with Gasteiger partial charge in [-0.3, -0.25) is 9.59 Å². The number of ether oxygens (including phenoxy) is 1. The molecule has 86 valence electrons. The van der Waals surface area contributed by atoms with Gasteiger partial charge >= 0.3 is 5.97 Å². The fraction of sp³-hybridized carbons (Fsp3) is 0.444. The van der Waals surface area contributed by atoms with Crippen LogP contribution in [0.5, 0.6) is 0 Å². The van der Waals surface area contributed by atoms with Crippen molar-refractivity contribution in [2.75, 3.05) is 12.9 Å². The standard InChI is InChI=1S/C9H10N2O3S2/c1-5-11-8(13)6(3-10)9(16-5)15-4-7(12)14-2/h5H,4H2,1-2H3,(H,11,13). The molecule has 0 radical (unpaired) electrons. The number of nitriles is 1. The summed E-state index contributed by atoms with van der Waals surface area (Å²) in [4.78, 5) is 22.4. The van der Waals surface area contributed by atoms with Gasteiger partial charge in [0.2, 0.25) is 0 Å². The fourth-order valence-electron chi connectivity index (χ4n) is 0.984. The van der Waals surface area contributed by atoms with Gasteiger partial charge in [-0.1, -0.05) is 11.8 Å². The van der Waals surface area contributed by atoms with Crippen molar-refractivity contribution in [2.45, 2.75) is 12.3 Å². The van der Waals surface area contributed by atoms with E-state index in [1.165, 1.54) is 18.9 Å². The average Bonchev–Trinajstić information content (AvgIpc) is 2.25. The van der Waals surface area contributed by atoms with E-state index in [2.05, 4.69) is 10.1 Å². The van der Waals surface area contributed by atoms with Crippen LogP contribution in [-0.2, 0) is 14.3 Å². The lowest BCUT2D eigenvalue weighted by molar-refractivity contribution is -0.137. The number of hydrogen-bond acceptors (Lipinski definition) is 6. The number of thioether (sulfide) groups is 2. The molecule has 0 bridgehead atoms. The SMILES string of the molecule is COC(=O)CSC1=C(C#N)C(=O)NC(C)S1. The number of hydrogen-bond donors (Lipinski definition) is 1. The van der Waals surface area contributed by atoms with Crippen molar-refractivity contribution < 1.29 is 14.3 Å². The first kappa shape index (κ1) is 12.9. The predicted molar refractivity (Wildman–Crippen MR) is 62.3 cm³/mol. The molecule has 5 nitrogen and oxygen atoms in total. The molecule has 1 aliphatic rings. The highest BCUT2D eigenvalue weighted by Gasteiger charge is 2.25. The van der Waals surface area contributed by atoms with Crippen LogP contribution in [0.25, 0.3) is 0 Å². The Balaban J connectivity index is 2.77. The zero-order valence-electron chi connectivity index (χ0n) is 8.77. The van der Waals surface area contributed by atoms with Crippen LogP contribution in [0.2, 0.25) is 0 Å². The first-order chi connectivity index (χ1) is 7.58. The highest BCUT2D eigenvalue weighted by atomic mass is 32.2. The van der Waals surface area contributed by atoms with E-state index in [9.17, 15) is 9.59 Å². The van der Waals surface area contributed by atoms with Crippen LogP contribution in [0, 0.1) is 11.3 Å². The number of carbonyl (C=O) groups excluding carboxylic acids is 2. The maximum Gasteiger partial charge on any atom is 0.316 e. The summed E-state index contributed by atoms with van der Waals surface area (Å²) in [5.74, 6) is -0.667. The second-order valence-corrected chi connectivity index (χ2v) is 5.47. The van der Waals surface area contributed by atoms with Gasteiger partial charge in [-0.2, -0.15) is 5.26 Å². The van der Waals surface area contributed by atoms with Crippen LogP contribution in [-0.4, -0.2) is 30.1 Å². The molecule has 1 N–H and O–H groups in total. The Labute approximate surface area is 102 Å². The summed E-state index contributed by atoms with van der Waals surface area (Å²) in [6, 6.07) is 1.84. The average molecular weight is 258 g/mol. The van der Waals surface area contributed by atoms with E-state index in [0.717, 1.165) is 11.8 Å². The van der Waals surface area contributed by atoms with E-state index in [0.29, 0.717) is 4.24 Å². The molecule has 7 heteroatoms. The zero-order valence-corrected chi connectivity index (χ0v) is 10.4. The lowest BCUT2D eigenvalue weighted by atomic mass is 10.3. The van der Waals surface area contributed by atoms with E-state index in [1.54, 1.807) is 0 Å². The van der Waals surface area contributed by atoms with Gasteiger partial charge in [0, 0.05) is 0 Å². The molecule has 0 aromatic rings. The third-order valence-electron chi connectivity index (χ3n) is 1.71. The second kappa shape index (κ2) is 5.82. The van der Waals surface area contributed by atoms with Crippen molar-refractivity contribution in [3.05, 3.63) is 9.81 Å². The first-order valence-electron chi connectivity index (χ1n) is 4.40. The number of carbonyl (C=O) groups is 2. The van der Waals surface area contributed by atoms with E-state index in [1.807, 2.05) is 13.0 Å². The van der Waals surface area contributed by atoms with E-state index >= 15 is 0 Å². The lowest BCUT2D eigenvalue weighted by Gasteiger charge is -2.21. The molecule has 0 aromatic carbocycles. The first-order valence-corrected chi connectivity index (χ1v) is 6.26. The van der Waals surface area contributed by atoms with Crippen LogP contribution in [0.1, 0.15) is 6.92 Å². The minimum absolute atomic E-state index is 0.0667. The van der Waals surface area contributed by atoms with Gasteiger partial charge in [-0.25, -0.2) is 0 Å². The number of esters is 1. The monoisotopic (exact) mass is 258 g/mol. The molecule has 1 amide bonds. The number of nitrogens with one attached hydrogen (secondary N) is 1. The zero-order chi connectivity index (χ0) is 12.1. The molecule has 0 aromatic heterocycles. The molecule has 0 fully saturated rings. The Morgan fingerprint density at radius 1 is 1.75 bits per heavy atom. The van der Waals surface area contributed by atoms with Crippen LogP contribution < -0.4 is 5.32 Å². The minimum Gasteiger partial charge on any atom is -0.468 e. The Bertz CT molecular complexity index is 387. The highest BCUT2D eigenvalue weighted by Crippen LogP contribution is 2.36. The van der Waals surface area contributed by atoms with Crippen molar-refractivity contribution in [3.8, 4) is 6.07 Å². The quantitative estimate of drug-likeness (QED) is 0.756. The van der Waals surface area contributed by atoms with Crippen molar-refractivity contribution in [1.82, 2.24) is 5.32 Å². The fourth-order valence-corrected chi connectivity index (χ4v) is 3.26. The van der Waals surface area contributed by atoms with E-state index in [-0.39, 0.29) is 28.6 Å². The summed E-state index contributed by atoms with van der Waals surface area (Å²) < 4.78 is 5.06. The third-order valence-corrected chi connectivity index (χ3v) is 4.09. The molecule has 1 aliphatic heterocycles. The number of nitrogens with zero attached hydrogens (tertiary/aromatic N) is 1. The van der Waals surface area contributed by atoms with Gasteiger partial charge in [-0.15, -0.1) is 11.8 Å². The summed E-state index contributed by atoms with van der Waals surface area (Å²) in [6.07, 6.45) is 0. The molecular formula is C9H10N2O3S2. The van der Waals surface area contributed by atoms with Gasteiger partial charge in [0.05, 0.1) is 22.5 Å². The van der Waals surface area contributed by atoms with Crippen LogP contribution >= 0.6 is 23.5 Å². The largest absolute Gasteiger partial charge is 0.468 e. The summed E-state index contributed by atoms with van der Waals surface area (Å²) in [5.41, 5.74) is 0.0667. The number of methoxy groups -OCH3 is 1. The Hall–Kier alpha value is -1.13. The maximum atomic E-state index is 11.4. The van der Waals surface area contributed by atoms with Crippen molar-refractivity contribution in [1.29, 1.82) is 5.26 Å². The minimum atomic E-state index is -0.388. The summed E-state index contributed by atoms with van der Waals surface area (Å²) in [7, 11) is 1.30. The second-order valence-electron chi connectivity index (χ2n) is 2.87. The van der Waals surface area contributed by atoms with Crippen molar-refractivity contribution >= 4 is 35.4 Å². The molecule has 1 unspecified atom stereocenters. The Kier molecular flexibility index (Phi) is 4.71. The summed E-state index contributed by atoms with van der Waals surface area (Å²) in [5, 5.41) is 11.4. The molecule has 1 atom stereocenters. The van der Waals surface area contributed by atoms with Gasteiger partial charge in [0.1, 0.15) is 11.6 Å². The van der Waals surface area contributed by atoms with E-state index in [4.69, 9.17) is 5.26 Å². The van der Waals surface area contributed by atoms with Crippen molar-refractivity contribution in [2.24, 2.45) is 0 Å². The summed E-state index contributed by atoms with van der Waals surface area (Å²) in [6.45, 7) is 1.81. The molecule has 1 rings (SSSR count). The van der Waals surface area contributed by atoms with Crippen LogP contribution in [0.15, 0.2) is 9.81 Å². The number of rotatable bonds is 3. The third kappa shape index (κ3) is 3.18. The molecule has 0 saturated carbocycles. The smallest absolute Gasteiger partial charge is 0.316 e. The highest BCUT2D eigenvalue weighted by molar-refractivity contribution is 8.22. The topological polar surface area (TPSA) is 79.2 Å². The van der Waals surface area contributed by atoms with Gasteiger partial charge in [0.25, 0.3) is 5.91 Å². The molecule has 16 heavy (non-hydrogen) atoms. The molecule has 0 spiro atoms. The molecule has 0 aliphatic carbocycles. The molecular weight excluding hydrogens is 248 g/mol. The summed E-state index contributed by atoms with van der Waals surface area (Å²) >= 11 is 2.51. The normalized spacial score (nSPS) is 20.1. The van der Waals surface area contributed by atoms with Gasteiger partial charge in [-0.05, 0) is 6.92 Å². The van der Waals surface area contributed by atoms with Crippen molar-refractivity contribution in [3.63, 3.8) is 0 Å². The molecule has 1 heterocycles. The Morgan fingerprint density at radius 3 is 3.00 bits per heavy atom.